The van der Waals surface area contributed by atoms with E-state index in [2.05, 4.69) is 0 Å². The molecule has 1 fully saturated rings. The van der Waals surface area contributed by atoms with Gasteiger partial charge in [-0.25, -0.2) is 9.36 Å². The predicted octanol–water partition coefficient (Wildman–Crippen LogP) is -1.33. The first-order valence-electron chi connectivity index (χ1n) is 8.98. The Kier molecular flexibility index (Phi) is 6.28. The van der Waals surface area contributed by atoms with E-state index in [1.807, 2.05) is 6.07 Å². The minimum absolute atomic E-state index is 0.0107. The van der Waals surface area contributed by atoms with Gasteiger partial charge in [0.15, 0.2) is 6.23 Å². The van der Waals surface area contributed by atoms with Gasteiger partial charge < -0.3 is 24.8 Å². The van der Waals surface area contributed by atoms with E-state index in [1.165, 1.54) is 13.1 Å². The molecule has 29 heavy (non-hydrogen) atoms. The van der Waals surface area contributed by atoms with Crippen molar-refractivity contribution in [2.24, 2.45) is 0 Å². The molecular weight excluding hydrogens is 384 g/mol. The highest BCUT2D eigenvalue weighted by Gasteiger charge is 2.44. The van der Waals surface area contributed by atoms with Gasteiger partial charge in [0.05, 0.1) is 6.61 Å². The molecule has 3 rings (SSSR count). The number of rotatable bonds is 6. The molecule has 0 radical (unpaired) electrons. The number of nitrogens with zero attached hydrogens (tertiary/aromatic N) is 2. The van der Waals surface area contributed by atoms with Crippen molar-refractivity contribution in [3.8, 4) is 0 Å². The third-order valence-corrected chi connectivity index (χ3v) is 4.69. The van der Waals surface area contributed by atoms with Crippen LogP contribution in [0.15, 0.2) is 46.1 Å². The SMILES string of the molecule is Cc1cn([C@@H]2O[C@H](CO)[C@@H](O)[C@H]2O)c(=O)n(CC(=O)OCc2ccccc2)c1=O. The van der Waals surface area contributed by atoms with Gasteiger partial charge in [0, 0.05) is 11.8 Å². The van der Waals surface area contributed by atoms with Crippen LogP contribution >= 0.6 is 0 Å². The Labute approximate surface area is 165 Å². The van der Waals surface area contributed by atoms with Crippen molar-refractivity contribution in [1.82, 2.24) is 9.13 Å². The van der Waals surface area contributed by atoms with Gasteiger partial charge in [-0.05, 0) is 12.5 Å². The van der Waals surface area contributed by atoms with Crippen molar-refractivity contribution in [2.45, 2.75) is 44.6 Å². The summed E-state index contributed by atoms with van der Waals surface area (Å²) < 4.78 is 12.1. The Hall–Kier alpha value is -2.79. The average Bonchev–Trinajstić information content (AvgIpc) is 3.01. The Morgan fingerprint density at radius 2 is 1.86 bits per heavy atom. The molecule has 10 heteroatoms. The molecule has 10 nitrogen and oxygen atoms in total. The summed E-state index contributed by atoms with van der Waals surface area (Å²) in [6.45, 7) is 0.240. The van der Waals surface area contributed by atoms with Crippen LogP contribution in [-0.2, 0) is 27.4 Å². The van der Waals surface area contributed by atoms with Crippen LogP contribution in [0.2, 0.25) is 0 Å². The first kappa shape index (κ1) is 20.9. The van der Waals surface area contributed by atoms with Crippen LogP contribution in [0.1, 0.15) is 17.4 Å². The second-order valence-corrected chi connectivity index (χ2v) is 6.77. The van der Waals surface area contributed by atoms with Gasteiger partial charge in [0.2, 0.25) is 0 Å². The largest absolute Gasteiger partial charge is 0.459 e. The molecule has 0 aliphatic carbocycles. The number of aryl methyl sites for hydroxylation is 1. The number of aliphatic hydroxyl groups is 3. The second kappa shape index (κ2) is 8.70. The van der Waals surface area contributed by atoms with Crippen LogP contribution in [0.4, 0.5) is 0 Å². The van der Waals surface area contributed by atoms with Crippen molar-refractivity contribution >= 4 is 5.97 Å². The molecule has 1 aromatic heterocycles. The minimum atomic E-state index is -1.50. The van der Waals surface area contributed by atoms with Gasteiger partial charge >= 0.3 is 11.7 Å². The quantitative estimate of drug-likeness (QED) is 0.502. The zero-order chi connectivity index (χ0) is 21.1. The summed E-state index contributed by atoms with van der Waals surface area (Å²) in [6, 6.07) is 8.92. The summed E-state index contributed by atoms with van der Waals surface area (Å²) in [5.41, 5.74) is -0.721. The van der Waals surface area contributed by atoms with Gasteiger partial charge in [-0.3, -0.25) is 14.2 Å². The van der Waals surface area contributed by atoms with Crippen LogP contribution in [-0.4, -0.2) is 55.3 Å². The number of carbonyl (C=O) groups is 1. The number of carbonyl (C=O) groups excluding carboxylic acids is 1. The van der Waals surface area contributed by atoms with Crippen LogP contribution in [0.25, 0.3) is 0 Å². The number of aromatic nitrogens is 2. The van der Waals surface area contributed by atoms with Crippen LogP contribution in [0, 0.1) is 6.92 Å². The van der Waals surface area contributed by atoms with Crippen molar-refractivity contribution in [2.75, 3.05) is 6.61 Å². The lowest BCUT2D eigenvalue weighted by Crippen LogP contribution is -2.45. The summed E-state index contributed by atoms with van der Waals surface area (Å²) in [4.78, 5) is 37.3. The van der Waals surface area contributed by atoms with Gasteiger partial charge in [-0.1, -0.05) is 30.3 Å². The van der Waals surface area contributed by atoms with Crippen molar-refractivity contribution in [1.29, 1.82) is 0 Å². The molecule has 3 N–H and O–H groups in total. The van der Waals surface area contributed by atoms with Gasteiger partial charge in [-0.15, -0.1) is 0 Å². The molecule has 0 bridgehead atoms. The Bertz CT molecular complexity index is 984. The Balaban J connectivity index is 1.83. The number of ether oxygens (including phenoxy) is 2. The van der Waals surface area contributed by atoms with Gasteiger partial charge in [0.1, 0.15) is 31.5 Å². The van der Waals surface area contributed by atoms with Gasteiger partial charge in [-0.2, -0.15) is 0 Å². The molecule has 4 atom stereocenters. The maximum atomic E-state index is 12.8. The van der Waals surface area contributed by atoms with E-state index < -0.39 is 54.9 Å². The number of esters is 1. The van der Waals surface area contributed by atoms with Crippen molar-refractivity contribution in [3.05, 3.63) is 68.5 Å². The van der Waals surface area contributed by atoms with E-state index in [0.717, 1.165) is 10.1 Å². The van der Waals surface area contributed by atoms with E-state index in [4.69, 9.17) is 9.47 Å². The maximum absolute atomic E-state index is 12.8. The van der Waals surface area contributed by atoms with Crippen molar-refractivity contribution < 1.29 is 29.6 Å². The smallest absolute Gasteiger partial charge is 0.333 e. The maximum Gasteiger partial charge on any atom is 0.333 e. The predicted molar refractivity (Wildman–Crippen MR) is 98.9 cm³/mol. The molecule has 0 amide bonds. The van der Waals surface area contributed by atoms with Crippen LogP contribution < -0.4 is 11.2 Å². The highest BCUT2D eigenvalue weighted by molar-refractivity contribution is 5.69. The van der Waals surface area contributed by atoms with E-state index >= 15 is 0 Å². The number of benzene rings is 1. The van der Waals surface area contributed by atoms with Crippen LogP contribution in [0.5, 0.6) is 0 Å². The lowest BCUT2D eigenvalue weighted by atomic mass is 10.1. The second-order valence-electron chi connectivity index (χ2n) is 6.77. The Morgan fingerprint density at radius 1 is 1.17 bits per heavy atom. The van der Waals surface area contributed by atoms with E-state index in [9.17, 15) is 29.7 Å². The standard InChI is InChI=1S/C19H22N2O8/c1-11-7-21(18-16(25)15(24)13(9-22)29-18)19(27)20(17(11)26)8-14(23)28-10-12-5-3-2-4-6-12/h2-7,13,15-16,18,22,24-25H,8-10H2,1H3/t13-,15-,16-,18-/m1/s1. The molecular formula is C19H22N2O8. The minimum Gasteiger partial charge on any atom is -0.459 e. The van der Waals surface area contributed by atoms with E-state index in [0.29, 0.717) is 4.57 Å². The molecule has 2 aromatic rings. The summed E-state index contributed by atoms with van der Waals surface area (Å²) in [5.74, 6) is -0.786. The lowest BCUT2D eigenvalue weighted by Gasteiger charge is -2.19. The van der Waals surface area contributed by atoms with E-state index in [-0.39, 0.29) is 12.2 Å². The third-order valence-electron chi connectivity index (χ3n) is 4.69. The highest BCUT2D eigenvalue weighted by atomic mass is 16.6. The molecule has 1 aromatic carbocycles. The molecule has 1 aliphatic rings. The average molecular weight is 406 g/mol. The zero-order valence-corrected chi connectivity index (χ0v) is 15.7. The third kappa shape index (κ3) is 4.30. The molecule has 2 heterocycles. The van der Waals surface area contributed by atoms with Crippen molar-refractivity contribution in [3.63, 3.8) is 0 Å². The molecule has 156 valence electrons. The fourth-order valence-corrected chi connectivity index (χ4v) is 3.10. The normalized spacial score (nSPS) is 23.9. The summed E-state index contributed by atoms with van der Waals surface area (Å²) >= 11 is 0. The fourth-order valence-electron chi connectivity index (χ4n) is 3.10. The van der Waals surface area contributed by atoms with Crippen LogP contribution in [0.3, 0.4) is 0 Å². The Morgan fingerprint density at radius 3 is 2.48 bits per heavy atom. The molecule has 1 aliphatic heterocycles. The zero-order valence-electron chi connectivity index (χ0n) is 15.7. The molecule has 0 spiro atoms. The molecule has 1 saturated heterocycles. The first-order chi connectivity index (χ1) is 13.8. The highest BCUT2D eigenvalue weighted by Crippen LogP contribution is 2.28. The number of hydrogen-bond acceptors (Lipinski definition) is 8. The first-order valence-corrected chi connectivity index (χ1v) is 8.98. The molecule has 0 saturated carbocycles. The fraction of sp³-hybridized carbons (Fsp3) is 0.421. The molecule has 0 unspecified atom stereocenters. The van der Waals surface area contributed by atoms with E-state index in [1.54, 1.807) is 24.3 Å². The number of hydrogen-bond donors (Lipinski definition) is 3. The summed E-state index contributed by atoms with van der Waals surface area (Å²) in [7, 11) is 0. The number of aliphatic hydroxyl groups excluding tert-OH is 3. The lowest BCUT2D eigenvalue weighted by molar-refractivity contribution is -0.145. The monoisotopic (exact) mass is 406 g/mol. The van der Waals surface area contributed by atoms with Gasteiger partial charge in [0.25, 0.3) is 5.56 Å². The summed E-state index contributed by atoms with van der Waals surface area (Å²) in [5, 5.41) is 29.3. The topological polar surface area (TPSA) is 140 Å². The summed E-state index contributed by atoms with van der Waals surface area (Å²) in [6.07, 6.45) is -4.13.